The summed E-state index contributed by atoms with van der Waals surface area (Å²) in [6.45, 7) is 9.21. The highest BCUT2D eigenvalue weighted by atomic mass is 16.8. The molecule has 0 saturated heterocycles. The SMILES string of the molecule is CCOC(=O)OCOC(=O)[C@](C)(Cc1ccc(OC(=O)C(C)C)c(OC(=O)C(C)C)c1)NN. The molecule has 1 aromatic rings. The lowest BCUT2D eigenvalue weighted by Gasteiger charge is -2.26. The van der Waals surface area contributed by atoms with Gasteiger partial charge in [-0.3, -0.25) is 15.4 Å². The maximum Gasteiger partial charge on any atom is 0.511 e. The Kier molecular flexibility index (Phi) is 10.8. The van der Waals surface area contributed by atoms with E-state index in [1.165, 1.54) is 19.1 Å². The highest BCUT2D eigenvalue weighted by Gasteiger charge is 2.35. The molecule has 0 heterocycles. The number of esters is 3. The first kappa shape index (κ1) is 27.9. The predicted molar refractivity (Wildman–Crippen MR) is 116 cm³/mol. The molecule has 3 N–H and O–H groups in total. The van der Waals surface area contributed by atoms with Crippen LogP contribution in [0.15, 0.2) is 18.2 Å². The summed E-state index contributed by atoms with van der Waals surface area (Å²) >= 11 is 0. The molecule has 11 nitrogen and oxygen atoms in total. The van der Waals surface area contributed by atoms with E-state index in [0.29, 0.717) is 5.56 Å². The zero-order chi connectivity index (χ0) is 25.2. The number of hydrazine groups is 1. The van der Waals surface area contributed by atoms with Crippen molar-refractivity contribution >= 4 is 24.1 Å². The molecule has 0 aliphatic rings. The molecule has 0 unspecified atom stereocenters. The average Bonchev–Trinajstić information content (AvgIpc) is 2.75. The summed E-state index contributed by atoms with van der Waals surface area (Å²) in [5.74, 6) is 3.04. The van der Waals surface area contributed by atoms with Crippen LogP contribution in [0, 0.1) is 11.8 Å². The smallest absolute Gasteiger partial charge is 0.435 e. The van der Waals surface area contributed by atoms with E-state index in [4.69, 9.17) is 20.1 Å². The fourth-order valence-corrected chi connectivity index (χ4v) is 2.32. The monoisotopic (exact) mass is 468 g/mol. The highest BCUT2D eigenvalue weighted by molar-refractivity contribution is 5.81. The van der Waals surface area contributed by atoms with Crippen LogP contribution in [0.1, 0.15) is 47.1 Å². The van der Waals surface area contributed by atoms with Crippen LogP contribution in [0.3, 0.4) is 0 Å². The topological polar surface area (TPSA) is 152 Å². The molecule has 11 heteroatoms. The molecule has 0 saturated carbocycles. The maximum atomic E-state index is 12.5. The third-order valence-electron chi connectivity index (χ3n) is 4.33. The Bertz CT molecular complexity index is 854. The second-order valence-corrected chi connectivity index (χ2v) is 7.96. The van der Waals surface area contributed by atoms with Crippen molar-refractivity contribution in [1.29, 1.82) is 0 Å². The van der Waals surface area contributed by atoms with Gasteiger partial charge in [-0.05, 0) is 31.5 Å². The summed E-state index contributed by atoms with van der Waals surface area (Å²) in [6, 6.07) is 4.53. The number of hydrogen-bond donors (Lipinski definition) is 2. The van der Waals surface area contributed by atoms with Gasteiger partial charge in [0.05, 0.1) is 18.4 Å². The Hall–Kier alpha value is -3.18. The fraction of sp³-hybridized carbons (Fsp3) is 0.545. The van der Waals surface area contributed by atoms with Crippen LogP contribution in [0.25, 0.3) is 0 Å². The van der Waals surface area contributed by atoms with Crippen LogP contribution >= 0.6 is 0 Å². The van der Waals surface area contributed by atoms with Gasteiger partial charge < -0.3 is 23.7 Å². The first-order chi connectivity index (χ1) is 15.4. The van der Waals surface area contributed by atoms with Gasteiger partial charge in [0.1, 0.15) is 5.54 Å². The number of benzene rings is 1. The normalized spacial score (nSPS) is 12.6. The molecular formula is C22H32N2O9. The summed E-state index contributed by atoms with van der Waals surface area (Å²) in [7, 11) is 0. The molecule has 0 bridgehead atoms. The maximum absolute atomic E-state index is 12.5. The van der Waals surface area contributed by atoms with Crippen molar-refractivity contribution in [3.63, 3.8) is 0 Å². The van der Waals surface area contributed by atoms with Gasteiger partial charge >= 0.3 is 24.1 Å². The first-order valence-corrected chi connectivity index (χ1v) is 10.4. The summed E-state index contributed by atoms with van der Waals surface area (Å²) in [5.41, 5.74) is 1.49. The van der Waals surface area contributed by atoms with Gasteiger partial charge in [0, 0.05) is 6.42 Å². The summed E-state index contributed by atoms with van der Waals surface area (Å²) < 4.78 is 24.9. The minimum atomic E-state index is -1.42. The number of nitrogens with one attached hydrogen (secondary N) is 1. The minimum absolute atomic E-state index is 0.00633. The highest BCUT2D eigenvalue weighted by Crippen LogP contribution is 2.31. The van der Waals surface area contributed by atoms with Crippen LogP contribution in [0.4, 0.5) is 4.79 Å². The predicted octanol–water partition coefficient (Wildman–Crippen LogP) is 2.25. The van der Waals surface area contributed by atoms with E-state index >= 15 is 0 Å². The van der Waals surface area contributed by atoms with Crippen LogP contribution in [-0.2, 0) is 35.0 Å². The molecule has 1 aromatic carbocycles. The van der Waals surface area contributed by atoms with Gasteiger partial charge in [-0.25, -0.2) is 15.0 Å². The van der Waals surface area contributed by atoms with Crippen molar-refractivity contribution in [2.24, 2.45) is 17.7 Å². The van der Waals surface area contributed by atoms with E-state index in [1.54, 1.807) is 40.7 Å². The lowest BCUT2D eigenvalue weighted by atomic mass is 9.93. The van der Waals surface area contributed by atoms with Gasteiger partial charge in [-0.2, -0.15) is 0 Å². The Labute approximate surface area is 192 Å². The summed E-state index contributed by atoms with van der Waals surface area (Å²) in [6.07, 6.45) is -0.970. The lowest BCUT2D eigenvalue weighted by Crippen LogP contribution is -2.55. The Morgan fingerprint density at radius 1 is 0.939 bits per heavy atom. The second-order valence-electron chi connectivity index (χ2n) is 7.96. The van der Waals surface area contributed by atoms with E-state index in [9.17, 15) is 19.2 Å². The fourth-order valence-electron chi connectivity index (χ4n) is 2.32. The van der Waals surface area contributed by atoms with Crippen molar-refractivity contribution in [2.45, 2.75) is 53.5 Å². The van der Waals surface area contributed by atoms with Crippen LogP contribution in [-0.4, -0.2) is 43.0 Å². The van der Waals surface area contributed by atoms with Crippen LogP contribution in [0.2, 0.25) is 0 Å². The molecule has 184 valence electrons. The van der Waals surface area contributed by atoms with Gasteiger partial charge in [0.15, 0.2) is 11.5 Å². The summed E-state index contributed by atoms with van der Waals surface area (Å²) in [5, 5.41) is 0. The molecule has 1 rings (SSSR count). The average molecular weight is 469 g/mol. The van der Waals surface area contributed by atoms with Crippen molar-refractivity contribution in [1.82, 2.24) is 5.43 Å². The molecule has 0 aliphatic carbocycles. The van der Waals surface area contributed by atoms with E-state index < -0.39 is 48.2 Å². The molecule has 0 amide bonds. The number of ether oxygens (including phenoxy) is 5. The third-order valence-corrected chi connectivity index (χ3v) is 4.33. The van der Waals surface area contributed by atoms with E-state index in [0.717, 1.165) is 0 Å². The van der Waals surface area contributed by atoms with Crippen molar-refractivity contribution < 1.29 is 42.9 Å². The largest absolute Gasteiger partial charge is 0.511 e. The quantitative estimate of drug-likeness (QED) is 0.162. The van der Waals surface area contributed by atoms with Crippen LogP contribution < -0.4 is 20.7 Å². The van der Waals surface area contributed by atoms with E-state index in [-0.39, 0.29) is 24.5 Å². The van der Waals surface area contributed by atoms with E-state index in [2.05, 4.69) is 14.9 Å². The minimum Gasteiger partial charge on any atom is -0.435 e. The second kappa shape index (κ2) is 12.8. The lowest BCUT2D eigenvalue weighted by molar-refractivity contribution is -0.160. The molecule has 0 aliphatic heterocycles. The standard InChI is InChI=1S/C22H32N2O9/c1-7-29-21(28)31-12-30-20(27)22(6,24-23)11-15-8-9-16(32-18(25)13(2)3)17(10-15)33-19(26)14(4)5/h8-10,13-14,24H,7,11-12,23H2,1-6H3/t22-/m0/s1. The summed E-state index contributed by atoms with van der Waals surface area (Å²) in [4.78, 5) is 47.9. The van der Waals surface area contributed by atoms with E-state index in [1.807, 2.05) is 0 Å². The Balaban J connectivity index is 3.06. The zero-order valence-corrected chi connectivity index (χ0v) is 19.8. The molecule has 33 heavy (non-hydrogen) atoms. The van der Waals surface area contributed by atoms with Gasteiger partial charge in [-0.1, -0.05) is 33.8 Å². The number of carbonyl (C=O) groups is 4. The zero-order valence-electron chi connectivity index (χ0n) is 19.8. The van der Waals surface area contributed by atoms with Crippen molar-refractivity contribution in [2.75, 3.05) is 13.4 Å². The number of rotatable bonds is 11. The van der Waals surface area contributed by atoms with Gasteiger partial charge in [0.2, 0.25) is 6.79 Å². The Morgan fingerprint density at radius 3 is 2.03 bits per heavy atom. The molecule has 0 spiro atoms. The number of carbonyl (C=O) groups excluding carboxylic acids is 4. The molecule has 0 radical (unpaired) electrons. The Morgan fingerprint density at radius 2 is 1.52 bits per heavy atom. The van der Waals surface area contributed by atoms with Crippen LogP contribution in [0.5, 0.6) is 11.5 Å². The molecule has 0 fully saturated rings. The van der Waals surface area contributed by atoms with Gasteiger partial charge in [0.25, 0.3) is 0 Å². The third kappa shape index (κ3) is 8.70. The number of nitrogens with two attached hydrogens (primary N) is 1. The molecule has 0 aromatic heterocycles. The van der Waals surface area contributed by atoms with Gasteiger partial charge in [-0.15, -0.1) is 0 Å². The van der Waals surface area contributed by atoms with Crippen molar-refractivity contribution in [3.8, 4) is 11.5 Å². The molecular weight excluding hydrogens is 436 g/mol. The molecule has 1 atom stereocenters. The first-order valence-electron chi connectivity index (χ1n) is 10.4. The van der Waals surface area contributed by atoms with Crippen molar-refractivity contribution in [3.05, 3.63) is 23.8 Å². The number of hydrogen-bond acceptors (Lipinski definition) is 11.